The van der Waals surface area contributed by atoms with E-state index in [1.54, 1.807) is 12.1 Å². The second-order valence-electron chi connectivity index (χ2n) is 9.37. The van der Waals surface area contributed by atoms with Crippen molar-refractivity contribution >= 4 is 17.5 Å². The Labute approximate surface area is 206 Å². The predicted octanol–water partition coefficient (Wildman–Crippen LogP) is 6.82. The summed E-state index contributed by atoms with van der Waals surface area (Å²) in [4.78, 5) is 37.6. The van der Waals surface area contributed by atoms with Gasteiger partial charge in [0, 0.05) is 17.5 Å². The van der Waals surface area contributed by atoms with E-state index in [-0.39, 0.29) is 28.7 Å². The van der Waals surface area contributed by atoms with Crippen molar-refractivity contribution in [3.8, 4) is 5.75 Å². The lowest BCUT2D eigenvalue weighted by atomic mass is 9.84. The van der Waals surface area contributed by atoms with Gasteiger partial charge in [-0.25, -0.2) is 4.79 Å². The minimum absolute atomic E-state index is 0.00762. The highest BCUT2D eigenvalue weighted by Crippen LogP contribution is 2.30. The van der Waals surface area contributed by atoms with Crippen molar-refractivity contribution in [1.29, 1.82) is 0 Å². The molecule has 0 aliphatic carbocycles. The van der Waals surface area contributed by atoms with Gasteiger partial charge in [0.05, 0.1) is 11.5 Å². The normalized spacial score (nSPS) is 12.6. The largest absolute Gasteiger partial charge is 0.573 e. The Balaban J connectivity index is 1.92. The van der Waals surface area contributed by atoms with E-state index in [9.17, 15) is 27.6 Å². The molecule has 1 unspecified atom stereocenters. The number of carbonyl (C=O) groups is 3. The first-order valence-corrected chi connectivity index (χ1v) is 11.1. The van der Waals surface area contributed by atoms with Crippen LogP contribution in [-0.2, 0) is 5.41 Å². The molecule has 3 aromatic carbocycles. The van der Waals surface area contributed by atoms with Crippen LogP contribution in [0.4, 0.5) is 13.2 Å². The number of rotatable bonds is 8. The number of aromatic carboxylic acids is 1. The van der Waals surface area contributed by atoms with Crippen molar-refractivity contribution in [1.82, 2.24) is 0 Å². The molecule has 5 nitrogen and oxygen atoms in total. The molecule has 0 spiro atoms. The van der Waals surface area contributed by atoms with Crippen LogP contribution < -0.4 is 4.74 Å². The van der Waals surface area contributed by atoms with Gasteiger partial charge in [0.25, 0.3) is 0 Å². The Hall–Kier alpha value is -3.94. The molecular formula is C28H25F3O5. The fourth-order valence-electron chi connectivity index (χ4n) is 3.70. The van der Waals surface area contributed by atoms with Crippen LogP contribution in [0.1, 0.15) is 75.3 Å². The molecule has 1 atom stereocenters. The number of alkyl halides is 3. The maximum atomic E-state index is 13.4. The molecule has 0 aliphatic rings. The van der Waals surface area contributed by atoms with E-state index in [0.717, 1.165) is 17.7 Å². The first-order chi connectivity index (χ1) is 16.7. The smallest absolute Gasteiger partial charge is 0.478 e. The first kappa shape index (κ1) is 26.7. The number of carboxylic acids is 1. The standard InChI is InChI=1S/C28H25F3O5/c1-27(2,3)21-12-8-18(9-13-21)24(32)16-23(17-10-14-22(15-11-17)36-28(29,30)31)25(33)19-4-6-20(7-5-19)26(34)35/h4-15,23H,16H2,1-3H3,(H,34,35). The lowest BCUT2D eigenvalue weighted by Crippen LogP contribution is -2.19. The Morgan fingerprint density at radius 2 is 1.28 bits per heavy atom. The summed E-state index contributed by atoms with van der Waals surface area (Å²) in [6.07, 6.45) is -5.09. The van der Waals surface area contributed by atoms with Crippen molar-refractivity contribution in [2.24, 2.45) is 0 Å². The van der Waals surface area contributed by atoms with Crippen molar-refractivity contribution in [3.63, 3.8) is 0 Å². The van der Waals surface area contributed by atoms with Crippen LogP contribution in [0.3, 0.4) is 0 Å². The number of ether oxygens (including phenoxy) is 1. The molecule has 8 heteroatoms. The number of hydrogen-bond acceptors (Lipinski definition) is 4. The van der Waals surface area contributed by atoms with Crippen molar-refractivity contribution in [3.05, 3.63) is 101 Å². The number of benzene rings is 3. The molecule has 1 N–H and O–H groups in total. The minimum Gasteiger partial charge on any atom is -0.478 e. The summed E-state index contributed by atoms with van der Waals surface area (Å²) in [6.45, 7) is 6.13. The minimum atomic E-state index is -4.86. The summed E-state index contributed by atoms with van der Waals surface area (Å²) in [5, 5.41) is 9.10. The highest BCUT2D eigenvalue weighted by molar-refractivity contribution is 6.06. The average molecular weight is 498 g/mol. The quantitative estimate of drug-likeness (QED) is 0.345. The Kier molecular flexibility index (Phi) is 7.67. The third kappa shape index (κ3) is 6.81. The average Bonchev–Trinajstić information content (AvgIpc) is 2.81. The van der Waals surface area contributed by atoms with E-state index in [1.165, 1.54) is 36.4 Å². The van der Waals surface area contributed by atoms with E-state index in [2.05, 4.69) is 4.74 Å². The molecule has 0 fully saturated rings. The summed E-state index contributed by atoms with van der Waals surface area (Å²) in [5.41, 5.74) is 1.83. The van der Waals surface area contributed by atoms with E-state index in [0.29, 0.717) is 11.1 Å². The molecule has 0 bridgehead atoms. The van der Waals surface area contributed by atoms with Gasteiger partial charge in [-0.05, 0) is 40.8 Å². The van der Waals surface area contributed by atoms with Crippen LogP contribution in [0.15, 0.2) is 72.8 Å². The summed E-state index contributed by atoms with van der Waals surface area (Å²) < 4.78 is 41.5. The Bertz CT molecular complexity index is 1240. The van der Waals surface area contributed by atoms with Crippen molar-refractivity contribution in [2.45, 2.75) is 44.9 Å². The third-order valence-electron chi connectivity index (χ3n) is 5.71. The fraction of sp³-hybridized carbons (Fsp3) is 0.250. The lowest BCUT2D eigenvalue weighted by molar-refractivity contribution is -0.274. The van der Waals surface area contributed by atoms with Gasteiger partial charge in [-0.1, -0.05) is 69.3 Å². The van der Waals surface area contributed by atoms with E-state index in [4.69, 9.17) is 5.11 Å². The number of carbonyl (C=O) groups excluding carboxylic acids is 2. The van der Waals surface area contributed by atoms with Gasteiger partial charge in [-0.2, -0.15) is 0 Å². The SMILES string of the molecule is CC(C)(C)c1ccc(C(=O)CC(C(=O)c2ccc(C(=O)O)cc2)c2ccc(OC(F)(F)F)cc2)cc1. The number of carboxylic acid groups (broad SMARTS) is 1. The molecule has 0 radical (unpaired) electrons. The number of halogens is 3. The van der Waals surface area contributed by atoms with Crippen LogP contribution in [0, 0.1) is 0 Å². The summed E-state index contributed by atoms with van der Waals surface area (Å²) >= 11 is 0. The molecule has 3 aromatic rings. The number of ketones is 2. The molecule has 0 amide bonds. The van der Waals surface area contributed by atoms with Crippen LogP contribution in [0.5, 0.6) is 5.75 Å². The zero-order chi connectivity index (χ0) is 26.7. The third-order valence-corrected chi connectivity index (χ3v) is 5.71. The van der Waals surface area contributed by atoms with Crippen LogP contribution in [-0.4, -0.2) is 29.0 Å². The van der Waals surface area contributed by atoms with Gasteiger partial charge in [-0.15, -0.1) is 13.2 Å². The fourth-order valence-corrected chi connectivity index (χ4v) is 3.70. The Morgan fingerprint density at radius 3 is 1.75 bits per heavy atom. The second-order valence-corrected chi connectivity index (χ2v) is 9.37. The van der Waals surface area contributed by atoms with Gasteiger partial charge in [0.15, 0.2) is 11.6 Å². The first-order valence-electron chi connectivity index (χ1n) is 11.1. The van der Waals surface area contributed by atoms with Gasteiger partial charge >= 0.3 is 12.3 Å². The zero-order valence-corrected chi connectivity index (χ0v) is 19.9. The second kappa shape index (κ2) is 10.4. The van der Waals surface area contributed by atoms with Gasteiger partial charge in [0.2, 0.25) is 0 Å². The highest BCUT2D eigenvalue weighted by atomic mass is 19.4. The molecule has 36 heavy (non-hydrogen) atoms. The zero-order valence-electron chi connectivity index (χ0n) is 19.9. The van der Waals surface area contributed by atoms with Gasteiger partial charge < -0.3 is 9.84 Å². The van der Waals surface area contributed by atoms with E-state index >= 15 is 0 Å². The van der Waals surface area contributed by atoms with E-state index in [1.807, 2.05) is 32.9 Å². The van der Waals surface area contributed by atoms with Crippen LogP contribution in [0.25, 0.3) is 0 Å². The number of hydrogen-bond donors (Lipinski definition) is 1. The predicted molar refractivity (Wildman–Crippen MR) is 128 cm³/mol. The Morgan fingerprint density at radius 1 is 0.778 bits per heavy atom. The molecule has 0 aliphatic heterocycles. The van der Waals surface area contributed by atoms with Crippen molar-refractivity contribution in [2.75, 3.05) is 0 Å². The summed E-state index contributed by atoms with van der Waals surface area (Å²) in [7, 11) is 0. The summed E-state index contributed by atoms with van der Waals surface area (Å²) in [6, 6.07) is 17.1. The van der Waals surface area contributed by atoms with Crippen molar-refractivity contribution < 1.29 is 37.4 Å². The molecule has 0 saturated heterocycles. The van der Waals surface area contributed by atoms with Gasteiger partial charge in [-0.3, -0.25) is 9.59 Å². The molecule has 0 heterocycles. The molecule has 188 valence electrons. The lowest BCUT2D eigenvalue weighted by Gasteiger charge is -2.20. The number of Topliss-reactive ketones (excluding diaryl/α,β-unsaturated/α-hetero) is 2. The maximum Gasteiger partial charge on any atom is 0.573 e. The monoisotopic (exact) mass is 498 g/mol. The van der Waals surface area contributed by atoms with Gasteiger partial charge in [0.1, 0.15) is 5.75 Å². The maximum absolute atomic E-state index is 13.4. The molecule has 0 aromatic heterocycles. The highest BCUT2D eigenvalue weighted by Gasteiger charge is 2.31. The molecule has 3 rings (SSSR count). The summed E-state index contributed by atoms with van der Waals surface area (Å²) in [5.74, 6) is -3.38. The topological polar surface area (TPSA) is 80.7 Å². The van der Waals surface area contributed by atoms with Crippen LogP contribution in [0.2, 0.25) is 0 Å². The molecular weight excluding hydrogens is 473 g/mol. The van der Waals surface area contributed by atoms with E-state index < -0.39 is 29.8 Å². The molecule has 0 saturated carbocycles. The van der Waals surface area contributed by atoms with Crippen LogP contribution >= 0.6 is 0 Å².